The molecule has 0 aliphatic rings. The van der Waals surface area contributed by atoms with Crippen LogP contribution in [0, 0.1) is 13.8 Å². The third-order valence-electron chi connectivity index (χ3n) is 3.21. The van der Waals surface area contributed by atoms with Crippen molar-refractivity contribution in [2.75, 3.05) is 0 Å². The first-order chi connectivity index (χ1) is 9.22. The Morgan fingerprint density at radius 3 is 2.53 bits per heavy atom. The predicted octanol–water partition coefficient (Wildman–Crippen LogP) is 3.59. The molecule has 2 aromatic carbocycles. The van der Waals surface area contributed by atoms with E-state index in [9.17, 15) is 0 Å². The van der Waals surface area contributed by atoms with Crippen LogP contribution in [0.15, 0.2) is 60.9 Å². The normalized spacial score (nSPS) is 10.6. The quantitative estimate of drug-likeness (QED) is 0.633. The zero-order valence-corrected chi connectivity index (χ0v) is 11.1. The monoisotopic (exact) mass is 250 g/mol. The van der Waals surface area contributed by atoms with Gasteiger partial charge >= 0.3 is 0 Å². The van der Waals surface area contributed by atoms with E-state index in [1.165, 1.54) is 10.9 Å². The molecule has 0 bridgehead atoms. The lowest BCUT2D eigenvalue weighted by Gasteiger charge is -2.03. The molecule has 0 saturated carbocycles. The van der Waals surface area contributed by atoms with Crippen LogP contribution >= 0.6 is 0 Å². The van der Waals surface area contributed by atoms with Gasteiger partial charge in [-0.2, -0.15) is 0 Å². The molecule has 0 radical (unpaired) electrons. The number of fused-ring (bicyclic) bond motifs is 1. The van der Waals surface area contributed by atoms with Crippen molar-refractivity contribution < 1.29 is 9.57 Å². The van der Waals surface area contributed by atoms with Gasteiger partial charge in [-0.05, 0) is 42.5 Å². The van der Waals surface area contributed by atoms with Gasteiger partial charge in [0, 0.05) is 10.8 Å². The molecule has 3 aromatic rings. The highest BCUT2D eigenvalue weighted by Crippen LogP contribution is 2.18. The van der Waals surface area contributed by atoms with E-state index in [0.717, 1.165) is 16.7 Å². The van der Waals surface area contributed by atoms with Gasteiger partial charge in [-0.1, -0.05) is 30.3 Å². The van der Waals surface area contributed by atoms with E-state index >= 15 is 0 Å². The van der Waals surface area contributed by atoms with Gasteiger partial charge in [-0.3, -0.25) is 0 Å². The third kappa shape index (κ3) is 2.43. The molecule has 0 aliphatic carbocycles. The zero-order valence-electron chi connectivity index (χ0n) is 11.1. The number of hydrogen-bond acceptors (Lipinski definition) is 1. The molecular formula is C17H16NO+. The van der Waals surface area contributed by atoms with Crippen molar-refractivity contribution in [1.82, 2.24) is 0 Å². The maximum absolute atomic E-state index is 5.91. The van der Waals surface area contributed by atoms with Gasteiger partial charge in [-0.25, -0.2) is 4.84 Å². The molecule has 1 heterocycles. The summed E-state index contributed by atoms with van der Waals surface area (Å²) in [6, 6.07) is 16.5. The predicted molar refractivity (Wildman–Crippen MR) is 76.1 cm³/mol. The number of aromatic nitrogens is 1. The van der Waals surface area contributed by atoms with E-state index in [4.69, 9.17) is 4.84 Å². The van der Waals surface area contributed by atoms with E-state index in [0.29, 0.717) is 0 Å². The Kier molecular flexibility index (Phi) is 2.92. The molecule has 2 heteroatoms. The molecule has 3 rings (SSSR count). The van der Waals surface area contributed by atoms with Gasteiger partial charge in [0.2, 0.25) is 18.1 Å². The molecule has 0 aliphatic heterocycles. The minimum absolute atomic E-state index is 0.889. The molecule has 2 nitrogen and oxygen atoms in total. The van der Waals surface area contributed by atoms with Crippen molar-refractivity contribution in [2.24, 2.45) is 0 Å². The van der Waals surface area contributed by atoms with Gasteiger partial charge in [0.15, 0.2) is 0 Å². The van der Waals surface area contributed by atoms with Crippen LogP contribution in [-0.2, 0) is 0 Å². The van der Waals surface area contributed by atoms with Gasteiger partial charge in [0.25, 0.3) is 0 Å². The second-order valence-corrected chi connectivity index (χ2v) is 4.79. The fourth-order valence-electron chi connectivity index (χ4n) is 2.09. The van der Waals surface area contributed by atoms with E-state index in [1.54, 1.807) is 4.73 Å². The molecule has 0 N–H and O–H groups in total. The van der Waals surface area contributed by atoms with Crippen molar-refractivity contribution in [3.05, 3.63) is 72.1 Å². The lowest BCUT2D eigenvalue weighted by molar-refractivity contribution is -0.874. The Balaban J connectivity index is 1.98. The molecule has 94 valence electrons. The first-order valence-corrected chi connectivity index (χ1v) is 6.38. The molecule has 0 spiro atoms. The van der Waals surface area contributed by atoms with Crippen LogP contribution < -0.4 is 9.57 Å². The Morgan fingerprint density at radius 2 is 1.68 bits per heavy atom. The van der Waals surface area contributed by atoms with Gasteiger partial charge < -0.3 is 0 Å². The van der Waals surface area contributed by atoms with Crippen LogP contribution in [0.4, 0.5) is 0 Å². The smallest absolute Gasteiger partial charge is 0.230 e. The Bertz CT molecular complexity index is 734. The van der Waals surface area contributed by atoms with Crippen molar-refractivity contribution in [3.63, 3.8) is 0 Å². The summed E-state index contributed by atoms with van der Waals surface area (Å²) in [5.41, 5.74) is 2.33. The second kappa shape index (κ2) is 4.73. The molecule has 19 heavy (non-hydrogen) atoms. The molecule has 0 saturated heterocycles. The number of pyridine rings is 1. The molecular weight excluding hydrogens is 234 g/mol. The number of nitrogens with zero attached hydrogens (tertiary/aromatic N) is 1. The summed E-state index contributed by atoms with van der Waals surface area (Å²) in [4.78, 5) is 5.91. The van der Waals surface area contributed by atoms with Crippen molar-refractivity contribution in [2.45, 2.75) is 13.8 Å². The lowest BCUT2D eigenvalue weighted by atomic mass is 10.1. The average Bonchev–Trinajstić information content (AvgIpc) is 2.43. The molecule has 1 aromatic heterocycles. The number of rotatable bonds is 2. The van der Waals surface area contributed by atoms with Crippen LogP contribution in [0.25, 0.3) is 10.8 Å². The maximum Gasteiger partial charge on any atom is 0.230 e. The van der Waals surface area contributed by atoms with Crippen LogP contribution in [0.2, 0.25) is 0 Å². The second-order valence-electron chi connectivity index (χ2n) is 4.79. The topological polar surface area (TPSA) is 13.1 Å². The van der Waals surface area contributed by atoms with Crippen LogP contribution in [0.3, 0.4) is 0 Å². The third-order valence-corrected chi connectivity index (χ3v) is 3.21. The van der Waals surface area contributed by atoms with Crippen LogP contribution in [-0.4, -0.2) is 0 Å². The van der Waals surface area contributed by atoms with Crippen LogP contribution in [0.1, 0.15) is 11.1 Å². The molecule has 0 amide bonds. The van der Waals surface area contributed by atoms with Crippen molar-refractivity contribution in [1.29, 1.82) is 0 Å². The van der Waals surface area contributed by atoms with E-state index < -0.39 is 0 Å². The minimum Gasteiger partial charge on any atom is -0.231 e. The largest absolute Gasteiger partial charge is 0.231 e. The first kappa shape index (κ1) is 11.7. The van der Waals surface area contributed by atoms with Gasteiger partial charge in [0.05, 0.1) is 5.39 Å². The highest BCUT2D eigenvalue weighted by molar-refractivity contribution is 5.80. The summed E-state index contributed by atoms with van der Waals surface area (Å²) >= 11 is 0. The van der Waals surface area contributed by atoms with E-state index in [-0.39, 0.29) is 0 Å². The van der Waals surface area contributed by atoms with E-state index in [1.807, 2.05) is 24.5 Å². The standard InChI is InChI=1S/C17H16NO/c1-13-7-8-14(2)17(11-13)19-18-10-9-15-5-3-4-6-16(15)12-18/h3-12H,1-2H3/q+1. The first-order valence-electron chi connectivity index (χ1n) is 6.38. The summed E-state index contributed by atoms with van der Waals surface area (Å²) in [5, 5.41) is 2.37. The highest BCUT2D eigenvalue weighted by Gasteiger charge is 2.08. The summed E-state index contributed by atoms with van der Waals surface area (Å²) < 4.78 is 1.75. The Labute approximate surface area is 112 Å². The van der Waals surface area contributed by atoms with Crippen molar-refractivity contribution in [3.8, 4) is 5.75 Å². The summed E-state index contributed by atoms with van der Waals surface area (Å²) in [7, 11) is 0. The summed E-state index contributed by atoms with van der Waals surface area (Å²) in [6.45, 7) is 4.12. The summed E-state index contributed by atoms with van der Waals surface area (Å²) in [6.07, 6.45) is 3.93. The fraction of sp³-hybridized carbons (Fsp3) is 0.118. The zero-order chi connectivity index (χ0) is 13.2. The fourth-order valence-corrected chi connectivity index (χ4v) is 2.09. The molecule has 0 fully saturated rings. The van der Waals surface area contributed by atoms with Gasteiger partial charge in [-0.15, -0.1) is 0 Å². The maximum atomic E-state index is 5.91. The Hall–Kier alpha value is -2.35. The number of hydrogen-bond donors (Lipinski definition) is 0. The SMILES string of the molecule is Cc1ccc(C)c(O[n+]2ccc3ccccc3c2)c1. The summed E-state index contributed by atoms with van der Waals surface area (Å²) in [5.74, 6) is 0.889. The minimum atomic E-state index is 0.889. The van der Waals surface area contributed by atoms with Gasteiger partial charge in [0.1, 0.15) is 0 Å². The number of benzene rings is 2. The van der Waals surface area contributed by atoms with Crippen molar-refractivity contribution >= 4 is 10.8 Å². The Morgan fingerprint density at radius 1 is 0.895 bits per heavy atom. The highest BCUT2D eigenvalue weighted by atomic mass is 16.7. The number of aryl methyl sites for hydroxylation is 2. The average molecular weight is 250 g/mol. The lowest BCUT2D eigenvalue weighted by Crippen LogP contribution is -2.38. The molecule has 0 unspecified atom stereocenters. The van der Waals surface area contributed by atoms with Crippen LogP contribution in [0.5, 0.6) is 5.75 Å². The van der Waals surface area contributed by atoms with E-state index in [2.05, 4.69) is 50.2 Å². The molecule has 0 atom stereocenters.